The van der Waals surface area contributed by atoms with Crippen LogP contribution in [0.2, 0.25) is 0 Å². The van der Waals surface area contributed by atoms with E-state index in [0.717, 1.165) is 16.5 Å². The first kappa shape index (κ1) is 14.4. The van der Waals surface area contributed by atoms with Crippen LogP contribution in [0.15, 0.2) is 54.6 Å². The van der Waals surface area contributed by atoms with Crippen molar-refractivity contribution in [2.45, 2.75) is 19.3 Å². The quantitative estimate of drug-likeness (QED) is 0.787. The highest BCUT2D eigenvalue weighted by atomic mass is 16.4. The molecule has 112 valence electrons. The Morgan fingerprint density at radius 2 is 1.82 bits per heavy atom. The molecule has 0 spiro atoms. The molecule has 3 aromatic rings. The van der Waals surface area contributed by atoms with Crippen LogP contribution in [-0.4, -0.2) is 15.6 Å². The van der Waals surface area contributed by atoms with Crippen molar-refractivity contribution in [3.8, 4) is 0 Å². The van der Waals surface area contributed by atoms with Crippen LogP contribution >= 0.6 is 0 Å². The number of hydrogen-bond acceptors (Lipinski definition) is 1. The molecule has 1 unspecified atom stereocenters. The Morgan fingerprint density at radius 1 is 1.09 bits per heavy atom. The van der Waals surface area contributed by atoms with Gasteiger partial charge in [0.1, 0.15) is 0 Å². The van der Waals surface area contributed by atoms with Crippen LogP contribution in [-0.2, 0) is 11.8 Å². The number of carboxylic acid groups (broad SMARTS) is 1. The molecule has 1 N–H and O–H groups in total. The first-order valence-electron chi connectivity index (χ1n) is 7.39. The molecule has 0 aliphatic heterocycles. The molecule has 1 heterocycles. The van der Waals surface area contributed by atoms with Crippen molar-refractivity contribution in [3.05, 3.63) is 71.4 Å². The number of rotatable bonds is 4. The minimum atomic E-state index is -0.779. The maximum Gasteiger partial charge on any atom is 0.304 e. The largest absolute Gasteiger partial charge is 0.481 e. The van der Waals surface area contributed by atoms with E-state index in [4.69, 9.17) is 0 Å². The Kier molecular flexibility index (Phi) is 3.72. The second kappa shape index (κ2) is 5.68. The lowest BCUT2D eigenvalue weighted by atomic mass is 9.88. The Hall–Kier alpha value is -2.55. The second-order valence-corrected chi connectivity index (χ2v) is 5.72. The number of fused-ring (bicyclic) bond motifs is 1. The normalized spacial score (nSPS) is 12.5. The Balaban J connectivity index is 2.09. The van der Waals surface area contributed by atoms with Gasteiger partial charge in [0.05, 0.1) is 6.42 Å². The van der Waals surface area contributed by atoms with E-state index >= 15 is 0 Å². The van der Waals surface area contributed by atoms with Crippen molar-refractivity contribution in [1.29, 1.82) is 0 Å². The highest BCUT2D eigenvalue weighted by Crippen LogP contribution is 2.31. The summed E-state index contributed by atoms with van der Waals surface area (Å²) >= 11 is 0. The summed E-state index contributed by atoms with van der Waals surface area (Å²) in [7, 11) is 2.04. The number of aliphatic carboxylic acids is 1. The molecular weight excluding hydrogens is 274 g/mol. The van der Waals surface area contributed by atoms with E-state index in [2.05, 4.69) is 29.7 Å². The number of hydrogen-bond donors (Lipinski definition) is 1. The third-order valence-corrected chi connectivity index (χ3v) is 4.29. The summed E-state index contributed by atoms with van der Waals surface area (Å²) in [4.78, 5) is 11.3. The predicted octanol–water partition coefficient (Wildman–Crippen LogP) is 4.09. The lowest BCUT2D eigenvalue weighted by molar-refractivity contribution is -0.137. The molecular formula is C19H19NO2. The standard InChI is InChI=1S/C19H19NO2/c1-13-10-16-11-15(8-9-18(16)20(13)2)17(12-19(21)22)14-6-4-3-5-7-14/h3-11,17H,12H2,1-2H3,(H,21,22). The molecule has 3 heteroatoms. The van der Waals surface area contributed by atoms with Crippen LogP contribution in [0.4, 0.5) is 0 Å². The van der Waals surface area contributed by atoms with E-state index < -0.39 is 5.97 Å². The highest BCUT2D eigenvalue weighted by Gasteiger charge is 2.18. The van der Waals surface area contributed by atoms with Crippen molar-refractivity contribution < 1.29 is 9.90 Å². The molecule has 3 nitrogen and oxygen atoms in total. The van der Waals surface area contributed by atoms with Gasteiger partial charge < -0.3 is 9.67 Å². The zero-order valence-corrected chi connectivity index (χ0v) is 12.8. The van der Waals surface area contributed by atoms with Gasteiger partial charge in [-0.05, 0) is 36.2 Å². The maximum atomic E-state index is 11.3. The lowest BCUT2D eigenvalue weighted by Gasteiger charge is -2.16. The monoisotopic (exact) mass is 293 g/mol. The summed E-state index contributed by atoms with van der Waals surface area (Å²) in [5, 5.41) is 10.4. The molecule has 22 heavy (non-hydrogen) atoms. The lowest BCUT2D eigenvalue weighted by Crippen LogP contribution is -2.08. The number of carboxylic acids is 1. The van der Waals surface area contributed by atoms with Crippen LogP contribution in [0, 0.1) is 6.92 Å². The maximum absolute atomic E-state index is 11.3. The fourth-order valence-corrected chi connectivity index (χ4v) is 3.01. The van der Waals surface area contributed by atoms with Gasteiger partial charge in [-0.25, -0.2) is 0 Å². The minimum absolute atomic E-state index is 0.0985. The molecule has 1 atom stereocenters. The van der Waals surface area contributed by atoms with Gasteiger partial charge in [0.15, 0.2) is 0 Å². The van der Waals surface area contributed by atoms with Crippen LogP contribution in [0.1, 0.15) is 29.2 Å². The fourth-order valence-electron chi connectivity index (χ4n) is 3.01. The summed E-state index contributed by atoms with van der Waals surface area (Å²) in [6, 6.07) is 18.2. The van der Waals surface area contributed by atoms with Crippen molar-refractivity contribution in [3.63, 3.8) is 0 Å². The number of benzene rings is 2. The minimum Gasteiger partial charge on any atom is -0.481 e. The van der Waals surface area contributed by atoms with E-state index in [1.54, 1.807) is 0 Å². The van der Waals surface area contributed by atoms with E-state index in [0.29, 0.717) is 0 Å². The van der Waals surface area contributed by atoms with Gasteiger partial charge in [-0.1, -0.05) is 36.4 Å². The van der Waals surface area contributed by atoms with E-state index in [1.807, 2.05) is 43.4 Å². The summed E-state index contributed by atoms with van der Waals surface area (Å²) in [5.41, 5.74) is 4.45. The third-order valence-electron chi connectivity index (χ3n) is 4.29. The summed E-state index contributed by atoms with van der Waals surface area (Å²) in [6.45, 7) is 2.08. The zero-order valence-electron chi connectivity index (χ0n) is 12.8. The topological polar surface area (TPSA) is 42.2 Å². The van der Waals surface area contributed by atoms with Crippen molar-refractivity contribution >= 4 is 16.9 Å². The molecule has 0 fully saturated rings. The number of carbonyl (C=O) groups is 1. The van der Waals surface area contributed by atoms with Crippen molar-refractivity contribution in [2.24, 2.45) is 7.05 Å². The van der Waals surface area contributed by atoms with Gasteiger partial charge in [0.2, 0.25) is 0 Å². The van der Waals surface area contributed by atoms with Gasteiger partial charge >= 0.3 is 5.97 Å². The molecule has 0 saturated heterocycles. The Morgan fingerprint density at radius 3 is 2.50 bits per heavy atom. The molecule has 1 aromatic heterocycles. The van der Waals surface area contributed by atoms with E-state index in [1.165, 1.54) is 11.2 Å². The fraction of sp³-hybridized carbons (Fsp3) is 0.211. The van der Waals surface area contributed by atoms with Gasteiger partial charge in [0, 0.05) is 29.6 Å². The summed E-state index contributed by atoms with van der Waals surface area (Å²) in [6.07, 6.45) is 0.0985. The van der Waals surface area contributed by atoms with Gasteiger partial charge in [-0.15, -0.1) is 0 Å². The van der Waals surface area contributed by atoms with Gasteiger partial charge in [-0.3, -0.25) is 4.79 Å². The third kappa shape index (κ3) is 2.62. The highest BCUT2D eigenvalue weighted by molar-refractivity contribution is 5.82. The number of aryl methyl sites for hydroxylation is 2. The van der Waals surface area contributed by atoms with Crippen LogP contribution in [0.25, 0.3) is 10.9 Å². The average molecular weight is 293 g/mol. The zero-order chi connectivity index (χ0) is 15.7. The van der Waals surface area contributed by atoms with E-state index in [-0.39, 0.29) is 12.3 Å². The average Bonchev–Trinajstić information content (AvgIpc) is 2.80. The van der Waals surface area contributed by atoms with Crippen LogP contribution < -0.4 is 0 Å². The van der Waals surface area contributed by atoms with Crippen LogP contribution in [0.3, 0.4) is 0 Å². The SMILES string of the molecule is Cc1cc2cc(C(CC(=O)O)c3ccccc3)ccc2n1C. The second-order valence-electron chi connectivity index (χ2n) is 5.72. The van der Waals surface area contributed by atoms with Gasteiger partial charge in [-0.2, -0.15) is 0 Å². The molecule has 0 radical (unpaired) electrons. The smallest absolute Gasteiger partial charge is 0.304 e. The number of aromatic nitrogens is 1. The molecule has 0 bridgehead atoms. The van der Waals surface area contributed by atoms with E-state index in [9.17, 15) is 9.90 Å². The predicted molar refractivity (Wildman–Crippen MR) is 88.2 cm³/mol. The van der Waals surface area contributed by atoms with Crippen molar-refractivity contribution in [1.82, 2.24) is 4.57 Å². The molecule has 2 aromatic carbocycles. The molecule has 0 aliphatic rings. The first-order chi connectivity index (χ1) is 10.6. The summed E-state index contributed by atoms with van der Waals surface area (Å²) < 4.78 is 2.15. The molecule has 0 aliphatic carbocycles. The van der Waals surface area contributed by atoms with Crippen molar-refractivity contribution in [2.75, 3.05) is 0 Å². The molecule has 3 rings (SSSR count). The van der Waals surface area contributed by atoms with Gasteiger partial charge in [0.25, 0.3) is 0 Å². The first-order valence-corrected chi connectivity index (χ1v) is 7.39. The molecule has 0 saturated carbocycles. The Labute approximate surface area is 129 Å². The van der Waals surface area contributed by atoms with Crippen LogP contribution in [0.5, 0.6) is 0 Å². The number of nitrogens with zero attached hydrogens (tertiary/aromatic N) is 1. The molecule has 0 amide bonds. The Bertz CT molecular complexity index is 818. The summed E-state index contributed by atoms with van der Waals surface area (Å²) in [5.74, 6) is -0.901.